The highest BCUT2D eigenvalue weighted by atomic mass is 32.1. The third-order valence-corrected chi connectivity index (χ3v) is 3.49. The molecule has 2 aromatic rings. The Kier molecular flexibility index (Phi) is 6.45. The highest BCUT2D eigenvalue weighted by molar-refractivity contribution is 7.80. The molecule has 6 heteroatoms. The zero-order chi connectivity index (χ0) is 17.4. The van der Waals surface area contributed by atoms with E-state index in [-0.39, 0.29) is 16.9 Å². The van der Waals surface area contributed by atoms with Crippen molar-refractivity contribution in [1.82, 2.24) is 10.6 Å². The number of nitrogens with one attached hydrogen (secondary N) is 3. The van der Waals surface area contributed by atoms with E-state index in [1.807, 2.05) is 30.3 Å². The van der Waals surface area contributed by atoms with Crippen molar-refractivity contribution >= 4 is 34.8 Å². The zero-order valence-electron chi connectivity index (χ0n) is 13.3. The molecule has 0 saturated heterocycles. The summed E-state index contributed by atoms with van der Waals surface area (Å²) in [5.74, 6) is -0.398. The molecule has 2 rings (SSSR count). The first-order valence-corrected chi connectivity index (χ1v) is 8.03. The standard InChI is InChI=1S/C18H19N3O2S/c1-2-16(22)21-18(24)20-15-11-7-6-10-14(15)17(23)19-12-13-8-4-3-5-9-13/h3-11H,2,12H2,1H3,(H,19,23)(H2,20,21,22,24). The van der Waals surface area contributed by atoms with E-state index in [1.54, 1.807) is 31.2 Å². The molecule has 3 N–H and O–H groups in total. The van der Waals surface area contributed by atoms with Gasteiger partial charge in [0.2, 0.25) is 5.91 Å². The van der Waals surface area contributed by atoms with Crippen molar-refractivity contribution < 1.29 is 9.59 Å². The molecular formula is C18H19N3O2S. The van der Waals surface area contributed by atoms with Crippen molar-refractivity contribution in [2.24, 2.45) is 0 Å². The fraction of sp³-hybridized carbons (Fsp3) is 0.167. The fourth-order valence-corrected chi connectivity index (χ4v) is 2.26. The number of hydrogen-bond donors (Lipinski definition) is 3. The van der Waals surface area contributed by atoms with Gasteiger partial charge in [-0.1, -0.05) is 49.4 Å². The van der Waals surface area contributed by atoms with E-state index in [2.05, 4.69) is 16.0 Å². The third kappa shape index (κ3) is 5.17. The van der Waals surface area contributed by atoms with Gasteiger partial charge in [0.25, 0.3) is 5.91 Å². The Morgan fingerprint density at radius 2 is 1.67 bits per heavy atom. The maximum atomic E-state index is 12.4. The van der Waals surface area contributed by atoms with Gasteiger partial charge in [-0.15, -0.1) is 0 Å². The van der Waals surface area contributed by atoms with Crippen LogP contribution in [0.3, 0.4) is 0 Å². The van der Waals surface area contributed by atoms with Crippen LogP contribution in [0, 0.1) is 0 Å². The van der Waals surface area contributed by atoms with Crippen LogP contribution in [0.2, 0.25) is 0 Å². The topological polar surface area (TPSA) is 70.2 Å². The van der Waals surface area contributed by atoms with Gasteiger partial charge in [0.1, 0.15) is 0 Å². The first-order chi connectivity index (χ1) is 11.6. The van der Waals surface area contributed by atoms with Crippen LogP contribution in [0.15, 0.2) is 54.6 Å². The number of rotatable bonds is 5. The molecule has 0 aliphatic carbocycles. The monoisotopic (exact) mass is 341 g/mol. The molecule has 0 unspecified atom stereocenters. The molecule has 0 spiro atoms. The largest absolute Gasteiger partial charge is 0.348 e. The quantitative estimate of drug-likeness (QED) is 0.732. The van der Waals surface area contributed by atoms with Crippen molar-refractivity contribution in [2.45, 2.75) is 19.9 Å². The SMILES string of the molecule is CCC(=O)NC(=S)Nc1ccccc1C(=O)NCc1ccccc1. The minimum atomic E-state index is -0.216. The van der Waals surface area contributed by atoms with Crippen LogP contribution in [0.5, 0.6) is 0 Å². The Hall–Kier alpha value is -2.73. The summed E-state index contributed by atoms with van der Waals surface area (Å²) in [5, 5.41) is 8.49. The predicted molar refractivity (Wildman–Crippen MR) is 98.7 cm³/mol. The average Bonchev–Trinajstić information content (AvgIpc) is 2.60. The Morgan fingerprint density at radius 1 is 1.00 bits per heavy atom. The second-order valence-corrected chi connectivity index (χ2v) is 5.48. The van der Waals surface area contributed by atoms with Gasteiger partial charge >= 0.3 is 0 Å². The second-order valence-electron chi connectivity index (χ2n) is 5.07. The van der Waals surface area contributed by atoms with Crippen molar-refractivity contribution in [3.8, 4) is 0 Å². The van der Waals surface area contributed by atoms with Crippen molar-refractivity contribution in [2.75, 3.05) is 5.32 Å². The van der Waals surface area contributed by atoms with Gasteiger partial charge in [-0.2, -0.15) is 0 Å². The molecule has 2 aromatic carbocycles. The summed E-state index contributed by atoms with van der Waals surface area (Å²) < 4.78 is 0. The van der Waals surface area contributed by atoms with E-state index in [9.17, 15) is 9.59 Å². The summed E-state index contributed by atoms with van der Waals surface area (Å²) in [5.41, 5.74) is 2.02. The van der Waals surface area contributed by atoms with E-state index in [0.717, 1.165) is 5.56 Å². The van der Waals surface area contributed by atoms with Crippen LogP contribution in [-0.4, -0.2) is 16.9 Å². The minimum absolute atomic E-state index is 0.171. The van der Waals surface area contributed by atoms with E-state index in [0.29, 0.717) is 24.2 Å². The van der Waals surface area contributed by atoms with Crippen molar-refractivity contribution in [3.05, 3.63) is 65.7 Å². The maximum Gasteiger partial charge on any atom is 0.253 e. The number of para-hydroxylation sites is 1. The summed E-state index contributed by atoms with van der Waals surface area (Å²) >= 11 is 5.09. The second kappa shape index (κ2) is 8.79. The maximum absolute atomic E-state index is 12.4. The number of hydrogen-bond acceptors (Lipinski definition) is 3. The molecule has 0 bridgehead atoms. The molecule has 0 aliphatic heterocycles. The molecule has 0 aliphatic rings. The Labute approximate surface area is 146 Å². The van der Waals surface area contributed by atoms with E-state index >= 15 is 0 Å². The number of carbonyl (C=O) groups excluding carboxylic acids is 2. The predicted octanol–water partition coefficient (Wildman–Crippen LogP) is 2.84. The Bertz CT molecular complexity index is 732. The van der Waals surface area contributed by atoms with Gasteiger partial charge < -0.3 is 16.0 Å². The summed E-state index contributed by atoms with van der Waals surface area (Å²) in [6, 6.07) is 16.7. The average molecular weight is 341 g/mol. The van der Waals surface area contributed by atoms with Crippen molar-refractivity contribution in [3.63, 3.8) is 0 Å². The van der Waals surface area contributed by atoms with Gasteiger partial charge in [0.05, 0.1) is 11.3 Å². The highest BCUT2D eigenvalue weighted by Crippen LogP contribution is 2.15. The first-order valence-electron chi connectivity index (χ1n) is 7.62. The molecule has 2 amide bonds. The molecule has 0 aromatic heterocycles. The number of anilines is 1. The van der Waals surface area contributed by atoms with Crippen LogP contribution in [-0.2, 0) is 11.3 Å². The van der Waals surface area contributed by atoms with E-state index < -0.39 is 0 Å². The molecular weight excluding hydrogens is 322 g/mol. The number of thiocarbonyl (C=S) groups is 1. The van der Waals surface area contributed by atoms with Gasteiger partial charge in [-0.05, 0) is 29.9 Å². The Morgan fingerprint density at radius 3 is 2.38 bits per heavy atom. The molecule has 5 nitrogen and oxygen atoms in total. The van der Waals surface area contributed by atoms with Crippen LogP contribution in [0.4, 0.5) is 5.69 Å². The summed E-state index contributed by atoms with van der Waals surface area (Å²) in [6.45, 7) is 2.17. The molecule has 124 valence electrons. The van der Waals surface area contributed by atoms with Gasteiger partial charge in [0.15, 0.2) is 5.11 Å². The van der Waals surface area contributed by atoms with Gasteiger partial charge in [0, 0.05) is 13.0 Å². The zero-order valence-corrected chi connectivity index (χ0v) is 14.2. The highest BCUT2D eigenvalue weighted by Gasteiger charge is 2.12. The van der Waals surface area contributed by atoms with Gasteiger partial charge in [-0.3, -0.25) is 9.59 Å². The van der Waals surface area contributed by atoms with E-state index in [4.69, 9.17) is 12.2 Å². The third-order valence-electron chi connectivity index (χ3n) is 3.29. The molecule has 24 heavy (non-hydrogen) atoms. The Balaban J connectivity index is 2.03. The first kappa shape index (κ1) is 17.6. The minimum Gasteiger partial charge on any atom is -0.348 e. The van der Waals surface area contributed by atoms with Gasteiger partial charge in [-0.25, -0.2) is 0 Å². The lowest BCUT2D eigenvalue weighted by Crippen LogP contribution is -2.34. The molecule has 0 saturated carbocycles. The molecule has 0 heterocycles. The smallest absolute Gasteiger partial charge is 0.253 e. The lowest BCUT2D eigenvalue weighted by molar-refractivity contribution is -0.119. The molecule has 0 radical (unpaired) electrons. The van der Waals surface area contributed by atoms with Crippen LogP contribution in [0.1, 0.15) is 29.3 Å². The fourth-order valence-electron chi connectivity index (χ4n) is 2.03. The molecule has 0 fully saturated rings. The van der Waals surface area contributed by atoms with Crippen molar-refractivity contribution in [1.29, 1.82) is 0 Å². The van der Waals surface area contributed by atoms with Crippen LogP contribution >= 0.6 is 12.2 Å². The number of benzene rings is 2. The normalized spacial score (nSPS) is 9.88. The lowest BCUT2D eigenvalue weighted by atomic mass is 10.1. The number of amides is 2. The summed E-state index contributed by atoms with van der Waals surface area (Å²) in [6.07, 6.45) is 0.334. The van der Waals surface area contributed by atoms with Crippen LogP contribution in [0.25, 0.3) is 0 Å². The summed E-state index contributed by atoms with van der Waals surface area (Å²) in [4.78, 5) is 23.8. The van der Waals surface area contributed by atoms with Crippen LogP contribution < -0.4 is 16.0 Å². The molecule has 0 atom stereocenters. The summed E-state index contributed by atoms with van der Waals surface area (Å²) in [7, 11) is 0. The number of carbonyl (C=O) groups is 2. The van der Waals surface area contributed by atoms with E-state index in [1.165, 1.54) is 0 Å². The lowest BCUT2D eigenvalue weighted by Gasteiger charge is -2.13.